The predicted molar refractivity (Wildman–Crippen MR) is 130 cm³/mol. The van der Waals surface area contributed by atoms with Crippen LogP contribution in [0, 0.1) is 0 Å². The molecule has 1 heterocycles. The molecule has 0 unspecified atom stereocenters. The summed E-state index contributed by atoms with van der Waals surface area (Å²) in [5.74, 6) is -1.01. The third-order valence-corrected chi connectivity index (χ3v) is 6.83. The van der Waals surface area contributed by atoms with Gasteiger partial charge in [-0.15, -0.1) is 11.3 Å². The monoisotopic (exact) mass is 503 g/mol. The van der Waals surface area contributed by atoms with E-state index in [4.69, 9.17) is 0 Å². The lowest BCUT2D eigenvalue weighted by molar-refractivity contribution is -0.138. The number of methoxy groups -OCH3 is 1. The van der Waals surface area contributed by atoms with Crippen molar-refractivity contribution in [3.8, 4) is 0 Å². The van der Waals surface area contributed by atoms with Crippen molar-refractivity contribution in [1.82, 2.24) is 4.98 Å². The van der Waals surface area contributed by atoms with E-state index in [-0.39, 0.29) is 18.1 Å². The van der Waals surface area contributed by atoms with E-state index in [1.807, 2.05) is 12.1 Å². The van der Waals surface area contributed by atoms with Gasteiger partial charge < -0.3 is 15.4 Å². The van der Waals surface area contributed by atoms with Crippen LogP contribution in [-0.4, -0.2) is 43.5 Å². The average Bonchev–Trinajstić information content (AvgIpc) is 3.19. The number of aromatic nitrogens is 1. The molecule has 1 amide bonds. The molecule has 0 spiro atoms. The summed E-state index contributed by atoms with van der Waals surface area (Å²) in [6.45, 7) is 2.12. The minimum absolute atomic E-state index is 0.0458. The number of hydrogen-bond donors (Lipinski definition) is 3. The van der Waals surface area contributed by atoms with Crippen LogP contribution in [0.15, 0.2) is 53.4 Å². The molecule has 9 nitrogen and oxygen atoms in total. The van der Waals surface area contributed by atoms with Gasteiger partial charge in [-0.25, -0.2) is 4.98 Å². The number of amides is 1. The number of carbonyl (C=O) groups is 2. The van der Waals surface area contributed by atoms with E-state index in [0.29, 0.717) is 17.2 Å². The number of esters is 1. The molecule has 11 heteroatoms. The smallest absolute Gasteiger partial charge is 0.325 e. The van der Waals surface area contributed by atoms with E-state index in [0.717, 1.165) is 29.0 Å². The molecule has 0 radical (unpaired) electrons. The molecule has 0 atom stereocenters. The summed E-state index contributed by atoms with van der Waals surface area (Å²) in [5.41, 5.74) is 2.31. The minimum atomic E-state index is -4.53. The Hall–Kier alpha value is -3.28. The lowest BCUT2D eigenvalue weighted by Crippen LogP contribution is -2.16. The van der Waals surface area contributed by atoms with Gasteiger partial charge in [0.05, 0.1) is 18.4 Å². The van der Waals surface area contributed by atoms with Crippen molar-refractivity contribution in [3.63, 3.8) is 0 Å². The first-order valence-corrected chi connectivity index (χ1v) is 12.7. The number of nitrogens with zero attached hydrogens (tertiary/aromatic N) is 1. The number of anilines is 2. The molecule has 1 aromatic heterocycles. The van der Waals surface area contributed by atoms with E-state index in [9.17, 15) is 22.6 Å². The number of thiazole rings is 1. The van der Waals surface area contributed by atoms with Crippen LogP contribution in [0.1, 0.15) is 39.8 Å². The molecule has 180 valence electrons. The van der Waals surface area contributed by atoms with Crippen LogP contribution in [0.5, 0.6) is 0 Å². The average molecular weight is 504 g/mol. The van der Waals surface area contributed by atoms with Gasteiger partial charge in [-0.3, -0.25) is 14.1 Å². The highest BCUT2D eigenvalue weighted by Crippen LogP contribution is 2.27. The SMILES string of the molecule is CCCc1nc(NCC(=O)OC)sc1Cc1ccc(NC(=O)c2ccccc2S(=O)(=O)O)cc1. The van der Waals surface area contributed by atoms with Gasteiger partial charge in [0, 0.05) is 17.0 Å². The van der Waals surface area contributed by atoms with E-state index in [2.05, 4.69) is 27.3 Å². The molecule has 0 aliphatic rings. The van der Waals surface area contributed by atoms with Crippen molar-refractivity contribution >= 4 is 44.2 Å². The standard InChI is InChI=1S/C23H25N3O6S2/c1-3-6-18-19(33-23(26-18)24-14-21(27)32-2)13-15-9-11-16(12-10-15)25-22(28)17-7-4-5-8-20(17)34(29,30)31/h4-5,7-12H,3,6,13-14H2,1-2H3,(H,24,26)(H,25,28)(H,29,30,31). The quantitative estimate of drug-likeness (QED) is 0.281. The van der Waals surface area contributed by atoms with Gasteiger partial charge in [0.1, 0.15) is 11.4 Å². The number of rotatable bonds is 10. The van der Waals surface area contributed by atoms with E-state index < -0.39 is 20.9 Å². The lowest BCUT2D eigenvalue weighted by atomic mass is 10.1. The summed E-state index contributed by atoms with van der Waals surface area (Å²) in [6, 6.07) is 12.6. The summed E-state index contributed by atoms with van der Waals surface area (Å²) >= 11 is 1.48. The van der Waals surface area contributed by atoms with Crippen LogP contribution in [0.2, 0.25) is 0 Å². The summed E-state index contributed by atoms with van der Waals surface area (Å²) in [4.78, 5) is 29.2. The zero-order valence-corrected chi connectivity index (χ0v) is 20.3. The Kier molecular flexibility index (Phi) is 8.37. The third kappa shape index (κ3) is 6.62. The molecule has 0 aliphatic carbocycles. The van der Waals surface area contributed by atoms with Gasteiger partial charge in [-0.05, 0) is 36.2 Å². The van der Waals surface area contributed by atoms with Gasteiger partial charge >= 0.3 is 5.97 Å². The second-order valence-corrected chi connectivity index (χ2v) is 9.84. The van der Waals surface area contributed by atoms with Crippen molar-refractivity contribution in [3.05, 3.63) is 70.2 Å². The van der Waals surface area contributed by atoms with E-state index >= 15 is 0 Å². The molecule has 0 fully saturated rings. The predicted octanol–water partition coefficient (Wildman–Crippen LogP) is 3.77. The number of hydrogen-bond acceptors (Lipinski definition) is 8. The second-order valence-electron chi connectivity index (χ2n) is 7.37. The van der Waals surface area contributed by atoms with Gasteiger partial charge in [0.25, 0.3) is 16.0 Å². The Morgan fingerprint density at radius 1 is 1.12 bits per heavy atom. The topological polar surface area (TPSA) is 135 Å². The molecule has 0 saturated heterocycles. The van der Waals surface area contributed by atoms with Crippen molar-refractivity contribution in [2.24, 2.45) is 0 Å². The van der Waals surface area contributed by atoms with Gasteiger partial charge in [0.2, 0.25) is 0 Å². The minimum Gasteiger partial charge on any atom is -0.468 e. The molecule has 34 heavy (non-hydrogen) atoms. The van der Waals surface area contributed by atoms with Crippen molar-refractivity contribution in [2.75, 3.05) is 24.3 Å². The number of benzene rings is 2. The first-order valence-electron chi connectivity index (χ1n) is 10.5. The van der Waals surface area contributed by atoms with Crippen LogP contribution in [-0.2, 0) is 32.5 Å². The number of ether oxygens (including phenoxy) is 1. The van der Waals surface area contributed by atoms with E-state index in [1.165, 1.54) is 42.7 Å². The van der Waals surface area contributed by atoms with Gasteiger partial charge in [0.15, 0.2) is 5.13 Å². The first-order chi connectivity index (χ1) is 16.2. The number of carbonyl (C=O) groups excluding carboxylic acids is 2. The molecule has 3 aromatic rings. The summed E-state index contributed by atoms with van der Waals surface area (Å²) in [6.07, 6.45) is 2.38. The normalized spacial score (nSPS) is 11.1. The Balaban J connectivity index is 1.71. The number of nitrogens with one attached hydrogen (secondary N) is 2. The Morgan fingerprint density at radius 2 is 1.82 bits per heavy atom. The zero-order chi connectivity index (χ0) is 24.7. The van der Waals surface area contributed by atoms with Gasteiger partial charge in [-0.1, -0.05) is 37.6 Å². The highest BCUT2D eigenvalue weighted by Gasteiger charge is 2.20. The van der Waals surface area contributed by atoms with Crippen molar-refractivity contribution in [2.45, 2.75) is 31.1 Å². The highest BCUT2D eigenvalue weighted by molar-refractivity contribution is 7.86. The van der Waals surface area contributed by atoms with Crippen LogP contribution in [0.3, 0.4) is 0 Å². The molecule has 0 bridgehead atoms. The lowest BCUT2D eigenvalue weighted by Gasteiger charge is -2.09. The fourth-order valence-corrected chi connectivity index (χ4v) is 4.95. The molecule has 3 N–H and O–H groups in total. The molecule has 0 saturated carbocycles. The zero-order valence-electron chi connectivity index (χ0n) is 18.7. The molecular weight excluding hydrogens is 478 g/mol. The molecular formula is C23H25N3O6S2. The second kappa shape index (κ2) is 11.2. The van der Waals surface area contributed by atoms with Crippen LogP contribution in [0.4, 0.5) is 10.8 Å². The molecule has 0 aliphatic heterocycles. The summed E-state index contributed by atoms with van der Waals surface area (Å²) in [7, 11) is -3.19. The Morgan fingerprint density at radius 3 is 2.47 bits per heavy atom. The van der Waals surface area contributed by atoms with E-state index in [1.54, 1.807) is 12.1 Å². The van der Waals surface area contributed by atoms with Crippen molar-refractivity contribution < 1.29 is 27.3 Å². The Bertz CT molecular complexity index is 1270. The summed E-state index contributed by atoms with van der Waals surface area (Å²) in [5, 5.41) is 6.30. The third-order valence-electron chi connectivity index (χ3n) is 4.86. The highest BCUT2D eigenvalue weighted by atomic mass is 32.2. The van der Waals surface area contributed by atoms with Crippen LogP contribution >= 0.6 is 11.3 Å². The first kappa shape index (κ1) is 25.3. The van der Waals surface area contributed by atoms with Gasteiger partial charge in [-0.2, -0.15) is 8.42 Å². The van der Waals surface area contributed by atoms with Crippen LogP contribution < -0.4 is 10.6 Å². The maximum atomic E-state index is 12.6. The fourth-order valence-electron chi connectivity index (χ4n) is 3.22. The fraction of sp³-hybridized carbons (Fsp3) is 0.261. The van der Waals surface area contributed by atoms with Crippen LogP contribution in [0.25, 0.3) is 0 Å². The Labute approximate surface area is 201 Å². The summed E-state index contributed by atoms with van der Waals surface area (Å²) < 4.78 is 37.1. The molecule has 3 rings (SSSR count). The maximum absolute atomic E-state index is 12.6. The van der Waals surface area contributed by atoms with Crippen molar-refractivity contribution in [1.29, 1.82) is 0 Å². The largest absolute Gasteiger partial charge is 0.468 e. The maximum Gasteiger partial charge on any atom is 0.325 e. The number of aryl methyl sites for hydroxylation is 1. The molecule has 2 aromatic carbocycles.